The van der Waals surface area contributed by atoms with E-state index >= 15 is 0 Å². The minimum absolute atomic E-state index is 0.484. The molecule has 4 nitrogen and oxygen atoms in total. The van der Waals surface area contributed by atoms with Crippen molar-refractivity contribution in [2.45, 2.75) is 89.5 Å². The zero-order valence-corrected chi connectivity index (χ0v) is 18.1. The Morgan fingerprint density at radius 2 is 1.68 bits per heavy atom. The molecule has 158 valence electrons. The fourth-order valence-corrected chi connectivity index (χ4v) is 4.06. The molecule has 3 rings (SSSR count). The molecule has 0 unspecified atom stereocenters. The van der Waals surface area contributed by atoms with Crippen molar-refractivity contribution in [3.05, 3.63) is 28.8 Å². The van der Waals surface area contributed by atoms with Crippen LogP contribution in [0.4, 0.5) is 0 Å². The van der Waals surface area contributed by atoms with Crippen LogP contribution in [-0.2, 0) is 10.2 Å². The second-order valence-corrected chi connectivity index (χ2v) is 9.20. The Bertz CT molecular complexity index is 620. The zero-order chi connectivity index (χ0) is 20.6. The molecule has 2 saturated carbocycles. The predicted molar refractivity (Wildman–Crippen MR) is 115 cm³/mol. The summed E-state index contributed by atoms with van der Waals surface area (Å²) in [5.74, 6) is 0.395. The molecule has 0 spiro atoms. The molecule has 2 fully saturated rings. The van der Waals surface area contributed by atoms with E-state index < -0.39 is 11.4 Å². The highest BCUT2D eigenvalue weighted by Crippen LogP contribution is 2.33. The zero-order valence-electron chi connectivity index (χ0n) is 17.4. The lowest BCUT2D eigenvalue weighted by Gasteiger charge is -2.23. The van der Waals surface area contributed by atoms with Crippen LogP contribution in [-0.4, -0.2) is 23.7 Å². The number of rotatable bonds is 5. The first-order valence-electron chi connectivity index (χ1n) is 10.7. The molecule has 1 aromatic carbocycles. The molecule has 5 heteroatoms. The molecule has 3 N–H and O–H groups in total. The van der Waals surface area contributed by atoms with Gasteiger partial charge in [0.1, 0.15) is 5.75 Å². The number of carbonyl (C=O) groups is 1. The summed E-state index contributed by atoms with van der Waals surface area (Å²) in [7, 11) is 0. The van der Waals surface area contributed by atoms with Crippen molar-refractivity contribution < 1.29 is 14.6 Å². The Morgan fingerprint density at radius 3 is 2.14 bits per heavy atom. The van der Waals surface area contributed by atoms with E-state index in [0.717, 1.165) is 0 Å². The highest BCUT2D eigenvalue weighted by molar-refractivity contribution is 6.32. The van der Waals surface area contributed by atoms with Crippen LogP contribution < -0.4 is 10.5 Å². The van der Waals surface area contributed by atoms with Gasteiger partial charge in [-0.05, 0) is 63.1 Å². The van der Waals surface area contributed by atoms with Gasteiger partial charge in [-0.1, -0.05) is 56.2 Å². The van der Waals surface area contributed by atoms with Crippen molar-refractivity contribution in [2.75, 3.05) is 6.61 Å². The summed E-state index contributed by atoms with van der Waals surface area (Å²) in [6.07, 6.45) is 13.0. The van der Waals surface area contributed by atoms with Crippen molar-refractivity contribution in [3.8, 4) is 5.75 Å². The fraction of sp³-hybridized carbons (Fsp3) is 0.696. The third-order valence-corrected chi connectivity index (χ3v) is 6.33. The van der Waals surface area contributed by atoms with E-state index in [2.05, 4.69) is 0 Å². The topological polar surface area (TPSA) is 72.5 Å². The molecule has 0 bridgehead atoms. The lowest BCUT2D eigenvalue weighted by molar-refractivity contribution is -0.142. The van der Waals surface area contributed by atoms with E-state index in [1.54, 1.807) is 32.0 Å². The maximum atomic E-state index is 11.3. The number of ether oxygens (including phenoxy) is 1. The lowest BCUT2D eigenvalue weighted by Crippen LogP contribution is -2.28. The van der Waals surface area contributed by atoms with Crippen molar-refractivity contribution in [1.29, 1.82) is 0 Å². The van der Waals surface area contributed by atoms with Crippen LogP contribution in [0.3, 0.4) is 0 Å². The van der Waals surface area contributed by atoms with Crippen molar-refractivity contribution in [1.82, 2.24) is 0 Å². The van der Waals surface area contributed by atoms with Gasteiger partial charge < -0.3 is 15.6 Å². The molecule has 0 saturated heterocycles. The number of carboxylic acids is 1. The van der Waals surface area contributed by atoms with Crippen molar-refractivity contribution >= 4 is 17.6 Å². The van der Waals surface area contributed by atoms with Gasteiger partial charge in [0.25, 0.3) is 0 Å². The van der Waals surface area contributed by atoms with Crippen LogP contribution in [0.2, 0.25) is 5.02 Å². The first kappa shape index (κ1) is 23.0. The maximum Gasteiger partial charge on any atom is 0.313 e. The van der Waals surface area contributed by atoms with Crippen LogP contribution in [0.1, 0.15) is 83.6 Å². The maximum absolute atomic E-state index is 11.3. The van der Waals surface area contributed by atoms with Crippen molar-refractivity contribution in [3.63, 3.8) is 0 Å². The van der Waals surface area contributed by atoms with Crippen molar-refractivity contribution in [2.24, 2.45) is 11.7 Å². The summed E-state index contributed by atoms with van der Waals surface area (Å²) in [6.45, 7) is 4.04. The summed E-state index contributed by atoms with van der Waals surface area (Å²) in [6, 6.07) is 5.81. The van der Waals surface area contributed by atoms with Gasteiger partial charge in [-0.3, -0.25) is 4.79 Å². The molecular weight excluding hydrogens is 374 g/mol. The summed E-state index contributed by atoms with van der Waals surface area (Å²) in [5.41, 5.74) is 5.37. The highest BCUT2D eigenvalue weighted by Gasteiger charge is 2.30. The summed E-state index contributed by atoms with van der Waals surface area (Å²) < 4.78 is 5.83. The summed E-state index contributed by atoms with van der Waals surface area (Å²) in [4.78, 5) is 11.3. The number of halogens is 1. The van der Waals surface area contributed by atoms with Gasteiger partial charge in [-0.2, -0.15) is 0 Å². The quantitative estimate of drug-likeness (QED) is 0.631. The van der Waals surface area contributed by atoms with E-state index in [0.29, 0.717) is 34.9 Å². The molecular formula is C23H36ClNO3. The molecule has 1 aromatic rings. The number of benzene rings is 1. The monoisotopic (exact) mass is 409 g/mol. The second-order valence-electron chi connectivity index (χ2n) is 8.79. The van der Waals surface area contributed by atoms with Crippen LogP contribution in [0, 0.1) is 5.92 Å². The van der Waals surface area contributed by atoms with Gasteiger partial charge >= 0.3 is 5.97 Å². The van der Waals surface area contributed by atoms with Gasteiger partial charge in [0, 0.05) is 6.04 Å². The molecule has 0 radical (unpaired) electrons. The van der Waals surface area contributed by atoms with Gasteiger partial charge in [0.05, 0.1) is 17.0 Å². The van der Waals surface area contributed by atoms with E-state index in [1.807, 2.05) is 0 Å². The van der Waals surface area contributed by atoms with Crippen LogP contribution >= 0.6 is 11.6 Å². The number of hydrogen-bond acceptors (Lipinski definition) is 3. The molecule has 0 amide bonds. The SMILES string of the molecule is CC(C)(C(=O)O)c1ccc(OCC2CCCCC2)c(Cl)c1.NC1CCCCC1. The van der Waals surface area contributed by atoms with Crippen LogP contribution in [0.15, 0.2) is 18.2 Å². The molecule has 0 aliphatic heterocycles. The average molecular weight is 410 g/mol. The minimum Gasteiger partial charge on any atom is -0.492 e. The van der Waals surface area contributed by atoms with Gasteiger partial charge in [-0.15, -0.1) is 0 Å². The van der Waals surface area contributed by atoms with Gasteiger partial charge in [0.15, 0.2) is 0 Å². The Labute approximate surface area is 174 Å². The van der Waals surface area contributed by atoms with E-state index in [-0.39, 0.29) is 0 Å². The lowest BCUT2D eigenvalue weighted by atomic mass is 9.85. The standard InChI is InChI=1S/C17H23ClO3.C6H13N/c1-17(2,16(19)20)13-8-9-15(14(18)10-13)21-11-12-6-4-3-5-7-12;7-6-4-2-1-3-5-6/h8-10,12H,3-7,11H2,1-2H3,(H,19,20);6H,1-5,7H2. The Balaban J connectivity index is 0.000000336. The minimum atomic E-state index is -0.953. The van der Waals surface area contributed by atoms with E-state index in [4.69, 9.17) is 22.1 Å². The third kappa shape index (κ3) is 6.97. The fourth-order valence-electron chi connectivity index (χ4n) is 3.83. The third-order valence-electron chi connectivity index (χ3n) is 6.04. The second kappa shape index (κ2) is 11.1. The van der Waals surface area contributed by atoms with Crippen LogP contribution in [0.5, 0.6) is 5.75 Å². The van der Waals surface area contributed by atoms with Crippen LogP contribution in [0.25, 0.3) is 0 Å². The predicted octanol–water partition coefficient (Wildman–Crippen LogP) is 5.94. The molecule has 28 heavy (non-hydrogen) atoms. The Morgan fingerprint density at radius 1 is 1.11 bits per heavy atom. The average Bonchev–Trinajstić information content (AvgIpc) is 2.68. The largest absolute Gasteiger partial charge is 0.492 e. The molecule has 0 aromatic heterocycles. The number of hydrogen-bond donors (Lipinski definition) is 2. The number of nitrogens with two attached hydrogens (primary N) is 1. The first-order chi connectivity index (χ1) is 13.3. The molecule has 2 aliphatic carbocycles. The normalized spacial score (nSPS) is 18.9. The number of aliphatic carboxylic acids is 1. The summed E-state index contributed by atoms with van der Waals surface area (Å²) in [5, 5.41) is 9.74. The molecule has 0 atom stereocenters. The van der Waals surface area contributed by atoms with E-state index in [1.165, 1.54) is 64.2 Å². The first-order valence-corrected chi connectivity index (χ1v) is 11.1. The van der Waals surface area contributed by atoms with Gasteiger partial charge in [-0.25, -0.2) is 0 Å². The Kier molecular flexibility index (Phi) is 9.10. The highest BCUT2D eigenvalue weighted by atomic mass is 35.5. The summed E-state index contributed by atoms with van der Waals surface area (Å²) >= 11 is 6.24. The van der Waals surface area contributed by atoms with Gasteiger partial charge in [0.2, 0.25) is 0 Å². The molecule has 2 aliphatic rings. The Hall–Kier alpha value is -1.26. The number of carboxylic acid groups (broad SMARTS) is 1. The van der Waals surface area contributed by atoms with E-state index in [9.17, 15) is 9.90 Å². The smallest absolute Gasteiger partial charge is 0.313 e. The molecule has 0 heterocycles.